The van der Waals surface area contributed by atoms with Gasteiger partial charge in [0, 0.05) is 30.1 Å². The molecule has 0 bridgehead atoms. The number of nitrogens with zero attached hydrogens (tertiary/aromatic N) is 3. The summed E-state index contributed by atoms with van der Waals surface area (Å²) in [6, 6.07) is 12.0. The second kappa shape index (κ2) is 6.35. The molecule has 3 aromatic rings. The zero-order valence-electron chi connectivity index (χ0n) is 13.7. The molecule has 122 valence electrons. The van der Waals surface area contributed by atoms with Crippen molar-refractivity contribution in [2.24, 2.45) is 0 Å². The average Bonchev–Trinajstić information content (AvgIpc) is 2.84. The van der Waals surface area contributed by atoms with E-state index in [-0.39, 0.29) is 0 Å². The first-order valence-corrected chi connectivity index (χ1v) is 8.27. The molecule has 0 unspecified atom stereocenters. The zero-order chi connectivity index (χ0) is 16.4. The van der Waals surface area contributed by atoms with Crippen LogP contribution in [0.3, 0.4) is 0 Å². The molecular weight excluding hydrogens is 300 g/mol. The molecule has 3 heterocycles. The van der Waals surface area contributed by atoms with Crippen molar-refractivity contribution in [2.45, 2.75) is 19.3 Å². The predicted octanol–water partition coefficient (Wildman–Crippen LogP) is 3.69. The van der Waals surface area contributed by atoms with Gasteiger partial charge in [-0.15, -0.1) is 0 Å². The van der Waals surface area contributed by atoms with Crippen molar-refractivity contribution in [3.8, 4) is 22.7 Å². The molecule has 1 aromatic carbocycles. The lowest BCUT2D eigenvalue weighted by atomic mass is 10.0. The number of rotatable bonds is 3. The molecule has 1 N–H and O–H groups in total. The number of ether oxygens (including phenoxy) is 1. The highest BCUT2D eigenvalue weighted by atomic mass is 16.5. The molecule has 1 aliphatic rings. The van der Waals surface area contributed by atoms with Gasteiger partial charge in [-0.3, -0.25) is 4.98 Å². The molecule has 0 aliphatic carbocycles. The van der Waals surface area contributed by atoms with Gasteiger partial charge in [0.15, 0.2) is 0 Å². The summed E-state index contributed by atoms with van der Waals surface area (Å²) in [6.45, 7) is 0.977. The topological polar surface area (TPSA) is 52.0 Å². The van der Waals surface area contributed by atoms with Gasteiger partial charge in [-0.1, -0.05) is 0 Å². The molecule has 4 rings (SSSR count). The second-order valence-corrected chi connectivity index (χ2v) is 5.91. The predicted molar refractivity (Wildman–Crippen MR) is 94.8 cm³/mol. The number of aromatic nitrogens is 3. The van der Waals surface area contributed by atoms with Crippen LogP contribution in [-0.2, 0) is 6.42 Å². The van der Waals surface area contributed by atoms with Crippen LogP contribution in [0.25, 0.3) is 16.9 Å². The number of hydrogen-bond acceptors (Lipinski definition) is 4. The van der Waals surface area contributed by atoms with Crippen LogP contribution in [0.15, 0.2) is 48.8 Å². The third kappa shape index (κ3) is 2.62. The minimum Gasteiger partial charge on any atom is -0.497 e. The third-order valence-electron chi connectivity index (χ3n) is 4.40. The van der Waals surface area contributed by atoms with Crippen molar-refractivity contribution >= 4 is 5.82 Å². The van der Waals surface area contributed by atoms with Crippen molar-refractivity contribution in [1.82, 2.24) is 14.8 Å². The van der Waals surface area contributed by atoms with Crippen LogP contribution in [0.4, 0.5) is 5.82 Å². The highest BCUT2D eigenvalue weighted by Crippen LogP contribution is 2.33. The van der Waals surface area contributed by atoms with E-state index in [4.69, 9.17) is 9.84 Å². The number of hydrogen-bond donors (Lipinski definition) is 1. The van der Waals surface area contributed by atoms with Gasteiger partial charge in [-0.25, -0.2) is 4.68 Å². The summed E-state index contributed by atoms with van der Waals surface area (Å²) < 4.78 is 7.27. The van der Waals surface area contributed by atoms with Crippen LogP contribution >= 0.6 is 0 Å². The molecule has 5 heteroatoms. The van der Waals surface area contributed by atoms with Crippen molar-refractivity contribution in [1.29, 1.82) is 0 Å². The van der Waals surface area contributed by atoms with E-state index in [0.29, 0.717) is 0 Å². The van der Waals surface area contributed by atoms with Crippen LogP contribution in [0.1, 0.15) is 18.4 Å². The summed E-state index contributed by atoms with van der Waals surface area (Å²) in [5.41, 5.74) is 4.46. The van der Waals surface area contributed by atoms with Gasteiger partial charge in [0.05, 0.1) is 18.5 Å². The van der Waals surface area contributed by atoms with E-state index >= 15 is 0 Å². The lowest BCUT2D eigenvalue weighted by Gasteiger charge is -2.09. The van der Waals surface area contributed by atoms with E-state index in [1.165, 1.54) is 18.4 Å². The zero-order valence-corrected chi connectivity index (χ0v) is 13.7. The minimum atomic E-state index is 0.847. The Hall–Kier alpha value is -2.82. The van der Waals surface area contributed by atoms with Crippen molar-refractivity contribution in [3.63, 3.8) is 0 Å². The normalized spacial score (nSPS) is 13.7. The number of pyridine rings is 1. The molecule has 0 spiro atoms. The number of fused-ring (bicyclic) bond motifs is 1. The van der Waals surface area contributed by atoms with E-state index in [0.717, 1.165) is 41.5 Å². The Kier molecular flexibility index (Phi) is 3.91. The molecule has 5 nitrogen and oxygen atoms in total. The highest BCUT2D eigenvalue weighted by Gasteiger charge is 2.21. The molecule has 0 radical (unpaired) electrons. The maximum atomic E-state index is 5.26. The summed E-state index contributed by atoms with van der Waals surface area (Å²) in [5, 5.41) is 8.48. The molecule has 0 fully saturated rings. The van der Waals surface area contributed by atoms with Gasteiger partial charge < -0.3 is 10.1 Å². The molecule has 0 atom stereocenters. The fraction of sp³-hybridized carbons (Fsp3) is 0.263. The van der Waals surface area contributed by atoms with Crippen LogP contribution in [0.2, 0.25) is 0 Å². The lowest BCUT2D eigenvalue weighted by Crippen LogP contribution is -2.07. The number of anilines is 1. The van der Waals surface area contributed by atoms with Crippen molar-refractivity contribution in [3.05, 3.63) is 54.4 Å². The second-order valence-electron chi connectivity index (χ2n) is 5.91. The van der Waals surface area contributed by atoms with Crippen LogP contribution in [0, 0.1) is 0 Å². The minimum absolute atomic E-state index is 0.847. The first kappa shape index (κ1) is 14.8. The first-order chi connectivity index (χ1) is 11.9. The summed E-state index contributed by atoms with van der Waals surface area (Å²) in [4.78, 5) is 4.12. The molecule has 2 aromatic heterocycles. The summed E-state index contributed by atoms with van der Waals surface area (Å²) in [7, 11) is 1.68. The van der Waals surface area contributed by atoms with Crippen molar-refractivity contribution in [2.75, 3.05) is 19.0 Å². The maximum Gasteiger partial charge on any atom is 0.133 e. The fourth-order valence-electron chi connectivity index (χ4n) is 3.15. The van der Waals surface area contributed by atoms with Gasteiger partial charge in [-0.05, 0) is 55.7 Å². The summed E-state index contributed by atoms with van der Waals surface area (Å²) >= 11 is 0. The van der Waals surface area contributed by atoms with E-state index in [2.05, 4.69) is 10.3 Å². The van der Waals surface area contributed by atoms with E-state index in [9.17, 15) is 0 Å². The molecule has 24 heavy (non-hydrogen) atoms. The summed E-state index contributed by atoms with van der Waals surface area (Å²) in [5.74, 6) is 1.95. The highest BCUT2D eigenvalue weighted by molar-refractivity contribution is 5.71. The quantitative estimate of drug-likeness (QED) is 0.799. The number of benzene rings is 1. The number of methoxy groups -OCH3 is 1. The molecular formula is C19H20N4O. The fourth-order valence-corrected chi connectivity index (χ4v) is 3.15. The van der Waals surface area contributed by atoms with Gasteiger partial charge in [0.2, 0.25) is 0 Å². The SMILES string of the molecule is COc1ccc(-n2nc(-c3ccncc3)c3c2NCCCC3)cc1. The monoisotopic (exact) mass is 320 g/mol. The van der Waals surface area contributed by atoms with Crippen LogP contribution < -0.4 is 10.1 Å². The largest absolute Gasteiger partial charge is 0.497 e. The Balaban J connectivity index is 1.86. The lowest BCUT2D eigenvalue weighted by molar-refractivity contribution is 0.414. The smallest absolute Gasteiger partial charge is 0.133 e. The Morgan fingerprint density at radius 3 is 2.58 bits per heavy atom. The van der Waals surface area contributed by atoms with Crippen LogP contribution in [0.5, 0.6) is 5.75 Å². The van der Waals surface area contributed by atoms with E-state index in [1.807, 2.05) is 53.5 Å². The Morgan fingerprint density at radius 2 is 1.83 bits per heavy atom. The van der Waals surface area contributed by atoms with E-state index < -0.39 is 0 Å². The van der Waals surface area contributed by atoms with Crippen molar-refractivity contribution < 1.29 is 4.74 Å². The third-order valence-corrected chi connectivity index (χ3v) is 4.40. The average molecular weight is 320 g/mol. The van der Waals surface area contributed by atoms with Gasteiger partial charge >= 0.3 is 0 Å². The van der Waals surface area contributed by atoms with Gasteiger partial charge in [0.25, 0.3) is 0 Å². The molecule has 1 aliphatic heterocycles. The first-order valence-electron chi connectivity index (χ1n) is 8.27. The molecule has 0 amide bonds. The maximum absolute atomic E-state index is 5.26. The Labute approximate surface area is 141 Å². The van der Waals surface area contributed by atoms with Gasteiger partial charge in [-0.2, -0.15) is 5.10 Å². The van der Waals surface area contributed by atoms with Crippen LogP contribution in [-0.4, -0.2) is 28.4 Å². The Bertz CT molecular complexity index is 825. The van der Waals surface area contributed by atoms with E-state index in [1.54, 1.807) is 7.11 Å². The Morgan fingerprint density at radius 1 is 1.04 bits per heavy atom. The standard InChI is InChI=1S/C19H20N4O/c1-24-16-7-5-15(6-8-16)23-19-17(4-2-3-11-21-19)18(22-23)14-9-12-20-13-10-14/h5-10,12-13,21H,2-4,11H2,1H3. The summed E-state index contributed by atoms with van der Waals surface area (Å²) in [6.07, 6.45) is 7.02. The van der Waals surface area contributed by atoms with Gasteiger partial charge in [0.1, 0.15) is 11.6 Å². The molecule has 0 saturated carbocycles. The number of nitrogens with one attached hydrogen (secondary N) is 1. The molecule has 0 saturated heterocycles.